The minimum absolute atomic E-state index is 0.0150. The Morgan fingerprint density at radius 1 is 0.958 bits per heavy atom. The number of fused-ring (bicyclic) bond motifs is 1. The highest BCUT2D eigenvalue weighted by Crippen LogP contribution is 2.22. The number of amides is 2. The van der Waals surface area contributed by atoms with Crippen molar-refractivity contribution < 1.29 is 19.1 Å². The first-order chi connectivity index (χ1) is 11.6. The van der Waals surface area contributed by atoms with Crippen LogP contribution in [0.2, 0.25) is 0 Å². The van der Waals surface area contributed by atoms with E-state index in [2.05, 4.69) is 15.9 Å². The summed E-state index contributed by atoms with van der Waals surface area (Å²) in [6, 6.07) is 14.1. The predicted octanol–water partition coefficient (Wildman–Crippen LogP) is 3.18. The Morgan fingerprint density at radius 2 is 1.54 bits per heavy atom. The lowest BCUT2D eigenvalue weighted by atomic mass is 10.1. The molecular weight excluding hydrogens is 374 g/mol. The van der Waals surface area contributed by atoms with E-state index in [1.807, 2.05) is 24.3 Å². The number of ether oxygens (including phenoxy) is 1. The van der Waals surface area contributed by atoms with Crippen LogP contribution in [0.4, 0.5) is 0 Å². The number of rotatable bonds is 5. The lowest BCUT2D eigenvalue weighted by Crippen LogP contribution is -2.32. The molecule has 122 valence electrons. The van der Waals surface area contributed by atoms with E-state index in [-0.39, 0.29) is 31.4 Å². The third kappa shape index (κ3) is 3.23. The minimum atomic E-state index is -0.456. The maximum atomic E-state index is 12.2. The first kappa shape index (κ1) is 16.4. The maximum Gasteiger partial charge on any atom is 0.307 e. The van der Waals surface area contributed by atoms with Crippen molar-refractivity contribution in [1.82, 2.24) is 4.90 Å². The van der Waals surface area contributed by atoms with Crippen LogP contribution in [-0.2, 0) is 16.1 Å². The van der Waals surface area contributed by atoms with Gasteiger partial charge in [-0.3, -0.25) is 19.3 Å². The summed E-state index contributed by atoms with van der Waals surface area (Å²) in [5.74, 6) is -1.19. The van der Waals surface area contributed by atoms with Gasteiger partial charge in [0.2, 0.25) is 0 Å². The van der Waals surface area contributed by atoms with Crippen LogP contribution in [0.25, 0.3) is 0 Å². The van der Waals surface area contributed by atoms with Gasteiger partial charge in [-0.15, -0.1) is 0 Å². The standard InChI is InChI=1S/C18H14BrNO4/c19-15-8-4-1-5-12(15)11-24-16(21)9-10-20-17(22)13-6-2-3-7-14(13)18(20)23/h1-8H,9-11H2. The van der Waals surface area contributed by atoms with E-state index in [1.54, 1.807) is 24.3 Å². The van der Waals surface area contributed by atoms with Crippen LogP contribution in [-0.4, -0.2) is 29.2 Å². The summed E-state index contributed by atoms with van der Waals surface area (Å²) in [5, 5.41) is 0. The molecule has 0 saturated heterocycles. The first-order valence-corrected chi connectivity index (χ1v) is 8.21. The summed E-state index contributed by atoms with van der Waals surface area (Å²) in [7, 11) is 0. The van der Waals surface area contributed by atoms with Crippen molar-refractivity contribution in [3.05, 3.63) is 69.7 Å². The number of hydrogen-bond donors (Lipinski definition) is 0. The average Bonchev–Trinajstić information content (AvgIpc) is 2.84. The molecule has 0 aliphatic carbocycles. The van der Waals surface area contributed by atoms with E-state index in [4.69, 9.17) is 4.74 Å². The van der Waals surface area contributed by atoms with Crippen LogP contribution in [0.15, 0.2) is 53.0 Å². The van der Waals surface area contributed by atoms with Gasteiger partial charge in [0, 0.05) is 16.6 Å². The molecule has 0 atom stereocenters. The molecule has 2 aromatic carbocycles. The maximum absolute atomic E-state index is 12.2. The molecular formula is C18H14BrNO4. The lowest BCUT2D eigenvalue weighted by molar-refractivity contribution is -0.145. The van der Waals surface area contributed by atoms with Crippen molar-refractivity contribution in [1.29, 1.82) is 0 Å². The van der Waals surface area contributed by atoms with E-state index >= 15 is 0 Å². The van der Waals surface area contributed by atoms with Crippen LogP contribution in [0, 0.1) is 0 Å². The molecule has 0 fully saturated rings. The highest BCUT2D eigenvalue weighted by molar-refractivity contribution is 9.10. The Labute approximate surface area is 147 Å². The minimum Gasteiger partial charge on any atom is -0.461 e. The van der Waals surface area contributed by atoms with Crippen LogP contribution >= 0.6 is 15.9 Å². The van der Waals surface area contributed by atoms with Crippen molar-refractivity contribution >= 4 is 33.7 Å². The Bertz CT molecular complexity index is 783. The normalized spacial score (nSPS) is 13.1. The second kappa shape index (κ2) is 6.97. The second-order valence-electron chi connectivity index (χ2n) is 5.31. The summed E-state index contributed by atoms with van der Waals surface area (Å²) < 4.78 is 6.06. The number of carbonyl (C=O) groups is 3. The monoisotopic (exact) mass is 387 g/mol. The molecule has 0 radical (unpaired) electrons. The molecule has 6 heteroatoms. The molecule has 0 unspecified atom stereocenters. The number of imide groups is 1. The zero-order chi connectivity index (χ0) is 17.1. The Balaban J connectivity index is 1.55. The van der Waals surface area contributed by atoms with Crippen molar-refractivity contribution in [3.63, 3.8) is 0 Å². The van der Waals surface area contributed by atoms with Crippen LogP contribution in [0.5, 0.6) is 0 Å². The van der Waals surface area contributed by atoms with Crippen molar-refractivity contribution in [2.75, 3.05) is 6.54 Å². The number of halogens is 1. The number of hydrogen-bond acceptors (Lipinski definition) is 4. The molecule has 5 nitrogen and oxygen atoms in total. The van der Waals surface area contributed by atoms with Crippen molar-refractivity contribution in [2.45, 2.75) is 13.0 Å². The van der Waals surface area contributed by atoms with E-state index < -0.39 is 5.97 Å². The third-order valence-corrected chi connectivity index (χ3v) is 4.54. The number of nitrogens with zero attached hydrogens (tertiary/aromatic N) is 1. The van der Waals surface area contributed by atoms with Crippen molar-refractivity contribution in [3.8, 4) is 0 Å². The largest absolute Gasteiger partial charge is 0.461 e. The fourth-order valence-corrected chi connectivity index (χ4v) is 2.89. The summed E-state index contributed by atoms with van der Waals surface area (Å²) in [4.78, 5) is 37.4. The summed E-state index contributed by atoms with van der Waals surface area (Å²) >= 11 is 3.38. The van der Waals surface area contributed by atoms with E-state index in [0.717, 1.165) is 14.9 Å². The first-order valence-electron chi connectivity index (χ1n) is 7.42. The predicted molar refractivity (Wildman–Crippen MR) is 90.4 cm³/mol. The van der Waals surface area contributed by atoms with Gasteiger partial charge in [0.05, 0.1) is 17.5 Å². The second-order valence-corrected chi connectivity index (χ2v) is 6.16. The van der Waals surface area contributed by atoms with E-state index in [0.29, 0.717) is 11.1 Å². The third-order valence-electron chi connectivity index (χ3n) is 3.76. The number of esters is 1. The highest BCUT2D eigenvalue weighted by Gasteiger charge is 2.35. The average molecular weight is 388 g/mol. The van der Waals surface area contributed by atoms with Gasteiger partial charge >= 0.3 is 5.97 Å². The van der Waals surface area contributed by atoms with Crippen LogP contribution < -0.4 is 0 Å². The van der Waals surface area contributed by atoms with Gasteiger partial charge in [-0.1, -0.05) is 46.3 Å². The quantitative estimate of drug-likeness (QED) is 0.583. The van der Waals surface area contributed by atoms with E-state index in [1.165, 1.54) is 0 Å². The molecule has 2 aromatic rings. The van der Waals surface area contributed by atoms with Gasteiger partial charge < -0.3 is 4.74 Å². The molecule has 1 heterocycles. The molecule has 1 aliphatic heterocycles. The van der Waals surface area contributed by atoms with E-state index in [9.17, 15) is 14.4 Å². The number of benzene rings is 2. The SMILES string of the molecule is O=C(CCN1C(=O)c2ccccc2C1=O)OCc1ccccc1Br. The smallest absolute Gasteiger partial charge is 0.307 e. The van der Waals surface area contributed by atoms with Gasteiger partial charge in [-0.25, -0.2) is 0 Å². The van der Waals surface area contributed by atoms with Gasteiger partial charge in [0.15, 0.2) is 0 Å². The molecule has 2 amide bonds. The molecule has 0 aromatic heterocycles. The fraction of sp³-hybridized carbons (Fsp3) is 0.167. The Morgan fingerprint density at radius 3 is 2.17 bits per heavy atom. The lowest BCUT2D eigenvalue weighted by Gasteiger charge is -2.13. The highest BCUT2D eigenvalue weighted by atomic mass is 79.9. The Hall–Kier alpha value is -2.47. The van der Waals surface area contributed by atoms with Gasteiger partial charge in [-0.2, -0.15) is 0 Å². The topological polar surface area (TPSA) is 63.7 Å². The van der Waals surface area contributed by atoms with Crippen molar-refractivity contribution in [2.24, 2.45) is 0 Å². The zero-order valence-corrected chi connectivity index (χ0v) is 14.3. The molecule has 24 heavy (non-hydrogen) atoms. The molecule has 0 N–H and O–H groups in total. The molecule has 0 bridgehead atoms. The fourth-order valence-electron chi connectivity index (χ4n) is 2.49. The Kier molecular flexibility index (Phi) is 4.76. The zero-order valence-electron chi connectivity index (χ0n) is 12.7. The van der Waals surface area contributed by atoms with Gasteiger partial charge in [0.1, 0.15) is 6.61 Å². The van der Waals surface area contributed by atoms with Gasteiger partial charge in [0.25, 0.3) is 11.8 Å². The number of carbonyl (C=O) groups excluding carboxylic acids is 3. The van der Waals surface area contributed by atoms with Crippen LogP contribution in [0.1, 0.15) is 32.7 Å². The van der Waals surface area contributed by atoms with Gasteiger partial charge in [-0.05, 0) is 18.2 Å². The summed E-state index contributed by atoms with van der Waals surface area (Å²) in [6.45, 7) is 0.156. The molecule has 1 aliphatic rings. The molecule has 3 rings (SSSR count). The summed E-state index contributed by atoms with van der Waals surface area (Å²) in [5.41, 5.74) is 1.61. The molecule has 0 saturated carbocycles. The molecule has 0 spiro atoms. The summed E-state index contributed by atoms with van der Waals surface area (Å²) in [6.07, 6.45) is -0.0318. The van der Waals surface area contributed by atoms with Crippen LogP contribution in [0.3, 0.4) is 0 Å².